The van der Waals surface area contributed by atoms with E-state index in [-0.39, 0.29) is 5.91 Å². The standard InChI is InChI=1S/C18H22N2O3/c1-19-11-5-6-14(19)12-20(13-9-10-13)18(21)17-15(22-2)7-4-8-16(17)23-3/h4-8,11,13H,9-10,12H2,1-3H3. The molecule has 5 nitrogen and oxygen atoms in total. The highest BCUT2D eigenvalue weighted by atomic mass is 16.5. The fourth-order valence-electron chi connectivity index (χ4n) is 2.79. The molecule has 0 spiro atoms. The van der Waals surface area contributed by atoms with Crippen LogP contribution in [-0.4, -0.2) is 35.6 Å². The van der Waals surface area contributed by atoms with E-state index in [1.54, 1.807) is 26.4 Å². The fourth-order valence-corrected chi connectivity index (χ4v) is 2.79. The summed E-state index contributed by atoms with van der Waals surface area (Å²) in [6.45, 7) is 0.591. The molecular weight excluding hydrogens is 292 g/mol. The summed E-state index contributed by atoms with van der Waals surface area (Å²) >= 11 is 0. The molecule has 23 heavy (non-hydrogen) atoms. The lowest BCUT2D eigenvalue weighted by atomic mass is 10.1. The Balaban J connectivity index is 1.95. The Labute approximate surface area is 136 Å². The van der Waals surface area contributed by atoms with Crippen LogP contribution in [0.15, 0.2) is 36.5 Å². The quantitative estimate of drug-likeness (QED) is 0.823. The van der Waals surface area contributed by atoms with Crippen LogP contribution in [0.3, 0.4) is 0 Å². The van der Waals surface area contributed by atoms with Gasteiger partial charge in [-0.05, 0) is 37.1 Å². The lowest BCUT2D eigenvalue weighted by Gasteiger charge is -2.24. The van der Waals surface area contributed by atoms with Crippen LogP contribution in [0, 0.1) is 0 Å². The monoisotopic (exact) mass is 314 g/mol. The molecule has 1 amide bonds. The van der Waals surface area contributed by atoms with Gasteiger partial charge in [0.2, 0.25) is 0 Å². The largest absolute Gasteiger partial charge is 0.496 e. The van der Waals surface area contributed by atoms with Crippen LogP contribution in [0.4, 0.5) is 0 Å². The van der Waals surface area contributed by atoms with Gasteiger partial charge >= 0.3 is 0 Å². The Bertz CT molecular complexity index is 682. The molecule has 1 aliphatic carbocycles. The number of benzene rings is 1. The number of hydrogen-bond donors (Lipinski definition) is 0. The van der Waals surface area contributed by atoms with Gasteiger partial charge in [0.1, 0.15) is 17.1 Å². The Morgan fingerprint density at radius 2 is 1.83 bits per heavy atom. The molecule has 1 aromatic heterocycles. The molecule has 122 valence electrons. The van der Waals surface area contributed by atoms with Crippen molar-refractivity contribution < 1.29 is 14.3 Å². The smallest absolute Gasteiger partial charge is 0.262 e. The zero-order valence-electron chi connectivity index (χ0n) is 13.8. The van der Waals surface area contributed by atoms with Gasteiger partial charge < -0.3 is 18.9 Å². The Morgan fingerprint density at radius 3 is 2.30 bits per heavy atom. The van der Waals surface area contributed by atoms with Gasteiger partial charge in [-0.3, -0.25) is 4.79 Å². The van der Waals surface area contributed by atoms with Gasteiger partial charge in [0.15, 0.2) is 0 Å². The summed E-state index contributed by atoms with van der Waals surface area (Å²) < 4.78 is 12.8. The predicted molar refractivity (Wildman–Crippen MR) is 87.9 cm³/mol. The van der Waals surface area contributed by atoms with E-state index in [9.17, 15) is 4.79 Å². The molecule has 0 aliphatic heterocycles. The highest BCUT2D eigenvalue weighted by Crippen LogP contribution is 2.35. The summed E-state index contributed by atoms with van der Waals surface area (Å²) in [5, 5.41) is 0. The maximum atomic E-state index is 13.2. The molecule has 0 saturated heterocycles. The minimum Gasteiger partial charge on any atom is -0.496 e. The van der Waals surface area contributed by atoms with Gasteiger partial charge in [-0.25, -0.2) is 0 Å². The van der Waals surface area contributed by atoms with Crippen LogP contribution in [0.5, 0.6) is 11.5 Å². The minimum absolute atomic E-state index is 0.0389. The number of carbonyl (C=O) groups excluding carboxylic acids is 1. The lowest BCUT2D eigenvalue weighted by molar-refractivity contribution is 0.0719. The lowest BCUT2D eigenvalue weighted by Crippen LogP contribution is -2.33. The molecule has 2 aromatic rings. The van der Waals surface area contributed by atoms with E-state index in [1.807, 2.05) is 40.9 Å². The van der Waals surface area contributed by atoms with Crippen molar-refractivity contribution in [3.63, 3.8) is 0 Å². The molecule has 0 radical (unpaired) electrons. The van der Waals surface area contributed by atoms with Crippen molar-refractivity contribution >= 4 is 5.91 Å². The van der Waals surface area contributed by atoms with Crippen LogP contribution in [0.25, 0.3) is 0 Å². The van der Waals surface area contributed by atoms with Crippen LogP contribution in [0.2, 0.25) is 0 Å². The Hall–Kier alpha value is -2.43. The van der Waals surface area contributed by atoms with Gasteiger partial charge in [0.25, 0.3) is 5.91 Å². The molecule has 0 atom stereocenters. The minimum atomic E-state index is -0.0389. The normalized spacial score (nSPS) is 13.7. The van der Waals surface area contributed by atoms with Crippen LogP contribution < -0.4 is 9.47 Å². The maximum Gasteiger partial charge on any atom is 0.262 e. The number of amides is 1. The first kappa shape index (κ1) is 15.5. The summed E-state index contributed by atoms with van der Waals surface area (Å²) in [6.07, 6.45) is 4.09. The maximum absolute atomic E-state index is 13.2. The molecule has 0 unspecified atom stereocenters. The number of hydrogen-bond acceptors (Lipinski definition) is 3. The van der Waals surface area contributed by atoms with Crippen molar-refractivity contribution in [1.82, 2.24) is 9.47 Å². The van der Waals surface area contributed by atoms with Crippen molar-refractivity contribution in [2.45, 2.75) is 25.4 Å². The zero-order chi connectivity index (χ0) is 16.4. The first-order chi connectivity index (χ1) is 11.2. The average molecular weight is 314 g/mol. The molecule has 0 N–H and O–H groups in total. The predicted octanol–water partition coefficient (Wildman–Crippen LogP) is 2.85. The van der Waals surface area contributed by atoms with Gasteiger partial charge in [-0.2, -0.15) is 0 Å². The SMILES string of the molecule is COc1cccc(OC)c1C(=O)N(Cc1cccn1C)C1CC1. The molecule has 1 aliphatic rings. The summed E-state index contributed by atoms with van der Waals surface area (Å²) in [5.74, 6) is 1.06. The van der Waals surface area contributed by atoms with E-state index in [2.05, 4.69) is 0 Å². The number of aryl methyl sites for hydroxylation is 1. The topological polar surface area (TPSA) is 43.7 Å². The van der Waals surface area contributed by atoms with Crippen molar-refractivity contribution in [2.24, 2.45) is 7.05 Å². The van der Waals surface area contributed by atoms with E-state index < -0.39 is 0 Å². The van der Waals surface area contributed by atoms with E-state index in [1.165, 1.54) is 0 Å². The van der Waals surface area contributed by atoms with Gasteiger partial charge in [-0.15, -0.1) is 0 Å². The number of rotatable bonds is 6. The summed E-state index contributed by atoms with van der Waals surface area (Å²) in [4.78, 5) is 15.1. The van der Waals surface area contributed by atoms with Gasteiger partial charge in [-0.1, -0.05) is 6.07 Å². The number of ether oxygens (including phenoxy) is 2. The molecule has 5 heteroatoms. The third-order valence-corrected chi connectivity index (χ3v) is 4.27. The van der Waals surface area contributed by atoms with E-state index >= 15 is 0 Å². The van der Waals surface area contributed by atoms with Crippen molar-refractivity contribution in [1.29, 1.82) is 0 Å². The molecule has 0 bridgehead atoms. The summed E-state index contributed by atoms with van der Waals surface area (Å²) in [6, 6.07) is 9.75. The second-order valence-corrected chi connectivity index (χ2v) is 5.81. The Morgan fingerprint density at radius 1 is 1.17 bits per heavy atom. The first-order valence-corrected chi connectivity index (χ1v) is 7.78. The molecule has 3 rings (SSSR count). The van der Waals surface area contributed by atoms with Crippen molar-refractivity contribution in [3.8, 4) is 11.5 Å². The van der Waals surface area contributed by atoms with Crippen molar-refractivity contribution in [3.05, 3.63) is 47.8 Å². The van der Waals surface area contributed by atoms with E-state index in [0.29, 0.717) is 29.6 Å². The van der Waals surface area contributed by atoms with Crippen molar-refractivity contribution in [2.75, 3.05) is 14.2 Å². The second kappa shape index (κ2) is 6.36. The van der Waals surface area contributed by atoms with E-state index in [4.69, 9.17) is 9.47 Å². The first-order valence-electron chi connectivity index (χ1n) is 7.78. The van der Waals surface area contributed by atoms with Crippen LogP contribution >= 0.6 is 0 Å². The Kier molecular flexibility index (Phi) is 4.28. The summed E-state index contributed by atoms with van der Waals surface area (Å²) in [7, 11) is 5.14. The third kappa shape index (κ3) is 3.04. The zero-order valence-corrected chi connectivity index (χ0v) is 13.8. The third-order valence-electron chi connectivity index (χ3n) is 4.27. The van der Waals surface area contributed by atoms with E-state index in [0.717, 1.165) is 18.5 Å². The van der Waals surface area contributed by atoms with Crippen LogP contribution in [0.1, 0.15) is 28.9 Å². The number of aromatic nitrogens is 1. The van der Waals surface area contributed by atoms with Gasteiger partial charge in [0.05, 0.1) is 20.8 Å². The second-order valence-electron chi connectivity index (χ2n) is 5.81. The highest BCUT2D eigenvalue weighted by molar-refractivity contribution is 6.00. The number of methoxy groups -OCH3 is 2. The molecular formula is C18H22N2O3. The number of nitrogens with zero attached hydrogens (tertiary/aromatic N) is 2. The summed E-state index contributed by atoms with van der Waals surface area (Å²) in [5.41, 5.74) is 1.61. The molecule has 1 saturated carbocycles. The van der Waals surface area contributed by atoms with Crippen LogP contribution in [-0.2, 0) is 13.6 Å². The molecule has 1 heterocycles. The molecule has 1 fully saturated rings. The molecule has 1 aromatic carbocycles. The average Bonchev–Trinajstić information content (AvgIpc) is 3.34. The van der Waals surface area contributed by atoms with Gasteiger partial charge in [0, 0.05) is 25.0 Å². The fraction of sp³-hybridized carbons (Fsp3) is 0.389. The highest BCUT2D eigenvalue weighted by Gasteiger charge is 2.35. The number of carbonyl (C=O) groups is 1.